The summed E-state index contributed by atoms with van der Waals surface area (Å²) < 4.78 is 0. The summed E-state index contributed by atoms with van der Waals surface area (Å²) in [6.07, 6.45) is 0. The predicted octanol–water partition coefficient (Wildman–Crippen LogP) is 2.12. The van der Waals surface area contributed by atoms with Gasteiger partial charge in [-0.2, -0.15) is 0 Å². The summed E-state index contributed by atoms with van der Waals surface area (Å²) in [5, 5.41) is 0.664. The van der Waals surface area contributed by atoms with Gasteiger partial charge in [-0.1, -0.05) is 11.6 Å². The third kappa shape index (κ3) is 1.90. The van der Waals surface area contributed by atoms with Crippen LogP contribution in [0.1, 0.15) is 19.4 Å². The molecule has 1 aromatic rings. The number of rotatable bonds is 1. The molecular weight excluding hydrogens is 172 g/mol. The average molecular weight is 185 g/mol. The van der Waals surface area contributed by atoms with Crippen molar-refractivity contribution in [2.45, 2.75) is 19.4 Å². The molecule has 2 nitrogen and oxygen atoms in total. The Morgan fingerprint density at radius 1 is 1.33 bits per heavy atom. The molecule has 0 aliphatic carbocycles. The number of halogens is 1. The Bertz CT molecular complexity index is 289. The van der Waals surface area contributed by atoms with E-state index in [2.05, 4.69) is 0 Å². The molecule has 0 unspecified atom stereocenters. The topological polar surface area (TPSA) is 52.0 Å². The van der Waals surface area contributed by atoms with Crippen LogP contribution in [-0.4, -0.2) is 0 Å². The quantitative estimate of drug-likeness (QED) is 0.657. The Labute approximate surface area is 77.5 Å². The molecule has 0 aliphatic rings. The van der Waals surface area contributed by atoms with Crippen LogP contribution >= 0.6 is 11.6 Å². The first-order chi connectivity index (χ1) is 5.41. The van der Waals surface area contributed by atoms with Gasteiger partial charge in [0.05, 0.1) is 0 Å². The van der Waals surface area contributed by atoms with Crippen molar-refractivity contribution in [2.75, 3.05) is 5.73 Å². The molecule has 0 aliphatic heterocycles. The third-order valence-electron chi connectivity index (χ3n) is 1.68. The Morgan fingerprint density at radius 2 is 1.92 bits per heavy atom. The van der Waals surface area contributed by atoms with E-state index in [1.807, 2.05) is 19.9 Å². The molecule has 0 aromatic heterocycles. The van der Waals surface area contributed by atoms with E-state index in [4.69, 9.17) is 23.1 Å². The minimum atomic E-state index is -0.438. The number of benzene rings is 1. The van der Waals surface area contributed by atoms with Gasteiger partial charge in [0, 0.05) is 16.2 Å². The highest BCUT2D eigenvalue weighted by atomic mass is 35.5. The highest BCUT2D eigenvalue weighted by molar-refractivity contribution is 6.31. The fourth-order valence-corrected chi connectivity index (χ4v) is 1.40. The van der Waals surface area contributed by atoms with Crippen molar-refractivity contribution in [3.8, 4) is 0 Å². The van der Waals surface area contributed by atoms with Crippen LogP contribution in [0.5, 0.6) is 0 Å². The summed E-state index contributed by atoms with van der Waals surface area (Å²) in [6.45, 7) is 3.79. The normalized spacial score (nSPS) is 11.7. The molecule has 0 amide bonds. The lowest BCUT2D eigenvalue weighted by Gasteiger charge is -2.20. The Hall–Kier alpha value is -0.730. The zero-order valence-corrected chi connectivity index (χ0v) is 8.02. The lowest BCUT2D eigenvalue weighted by molar-refractivity contribution is 0.555. The van der Waals surface area contributed by atoms with Crippen molar-refractivity contribution in [2.24, 2.45) is 5.73 Å². The second-order valence-electron chi connectivity index (χ2n) is 3.46. The third-order valence-corrected chi connectivity index (χ3v) is 2.01. The van der Waals surface area contributed by atoms with E-state index < -0.39 is 5.54 Å². The highest BCUT2D eigenvalue weighted by Gasteiger charge is 2.17. The molecule has 66 valence electrons. The molecule has 0 bridgehead atoms. The zero-order valence-electron chi connectivity index (χ0n) is 7.26. The van der Waals surface area contributed by atoms with Crippen LogP contribution in [0.4, 0.5) is 5.69 Å². The molecule has 0 heterocycles. The molecular formula is C9H13ClN2. The van der Waals surface area contributed by atoms with Crippen molar-refractivity contribution in [3.63, 3.8) is 0 Å². The number of nitrogen functional groups attached to an aromatic ring is 1. The second kappa shape index (κ2) is 2.96. The molecule has 0 fully saturated rings. The molecule has 4 N–H and O–H groups in total. The molecule has 12 heavy (non-hydrogen) atoms. The fourth-order valence-electron chi connectivity index (χ4n) is 1.04. The van der Waals surface area contributed by atoms with E-state index in [1.54, 1.807) is 12.1 Å². The van der Waals surface area contributed by atoms with E-state index in [-0.39, 0.29) is 0 Å². The monoisotopic (exact) mass is 184 g/mol. The van der Waals surface area contributed by atoms with E-state index in [0.29, 0.717) is 10.7 Å². The van der Waals surface area contributed by atoms with Gasteiger partial charge < -0.3 is 11.5 Å². The van der Waals surface area contributed by atoms with Crippen LogP contribution < -0.4 is 11.5 Å². The van der Waals surface area contributed by atoms with Crippen molar-refractivity contribution < 1.29 is 0 Å². The standard InChI is InChI=1S/C9H13ClN2/c1-9(2,12)7-5-6(11)3-4-8(7)10/h3-5H,11-12H2,1-2H3. The first-order valence-electron chi connectivity index (χ1n) is 3.75. The lowest BCUT2D eigenvalue weighted by atomic mass is 9.95. The van der Waals surface area contributed by atoms with Crippen molar-refractivity contribution in [1.82, 2.24) is 0 Å². The molecule has 1 aromatic carbocycles. The summed E-state index contributed by atoms with van der Waals surface area (Å²) in [6, 6.07) is 5.33. The molecule has 3 heteroatoms. The van der Waals surface area contributed by atoms with Gasteiger partial charge in [-0.05, 0) is 37.6 Å². The largest absolute Gasteiger partial charge is 0.399 e. The van der Waals surface area contributed by atoms with Gasteiger partial charge in [-0.25, -0.2) is 0 Å². The maximum absolute atomic E-state index is 5.95. The van der Waals surface area contributed by atoms with Crippen LogP contribution in [-0.2, 0) is 5.54 Å². The fraction of sp³-hybridized carbons (Fsp3) is 0.333. The van der Waals surface area contributed by atoms with Gasteiger partial charge in [0.25, 0.3) is 0 Å². The van der Waals surface area contributed by atoms with Crippen LogP contribution in [0.25, 0.3) is 0 Å². The number of nitrogens with two attached hydrogens (primary N) is 2. The van der Waals surface area contributed by atoms with Crippen molar-refractivity contribution in [3.05, 3.63) is 28.8 Å². The van der Waals surface area contributed by atoms with Gasteiger partial charge in [-0.3, -0.25) is 0 Å². The predicted molar refractivity (Wildman–Crippen MR) is 53.1 cm³/mol. The SMILES string of the molecule is CC(C)(N)c1cc(N)ccc1Cl. The summed E-state index contributed by atoms with van der Waals surface area (Å²) >= 11 is 5.95. The van der Waals surface area contributed by atoms with E-state index in [9.17, 15) is 0 Å². The van der Waals surface area contributed by atoms with Crippen molar-refractivity contribution in [1.29, 1.82) is 0 Å². The van der Waals surface area contributed by atoms with Gasteiger partial charge >= 0.3 is 0 Å². The Balaban J connectivity index is 3.23. The number of hydrogen-bond acceptors (Lipinski definition) is 2. The molecule has 1 rings (SSSR count). The molecule has 0 radical (unpaired) electrons. The Morgan fingerprint density at radius 3 is 2.33 bits per heavy atom. The Kier molecular flexibility index (Phi) is 2.31. The van der Waals surface area contributed by atoms with Crippen LogP contribution in [0.3, 0.4) is 0 Å². The van der Waals surface area contributed by atoms with Crippen LogP contribution in [0, 0.1) is 0 Å². The maximum atomic E-state index is 5.95. The maximum Gasteiger partial charge on any atom is 0.0457 e. The summed E-state index contributed by atoms with van der Waals surface area (Å²) in [4.78, 5) is 0. The van der Waals surface area contributed by atoms with Gasteiger partial charge in [0.15, 0.2) is 0 Å². The van der Waals surface area contributed by atoms with Gasteiger partial charge in [-0.15, -0.1) is 0 Å². The first kappa shape index (κ1) is 9.36. The number of hydrogen-bond donors (Lipinski definition) is 2. The van der Waals surface area contributed by atoms with E-state index in [0.717, 1.165) is 5.56 Å². The van der Waals surface area contributed by atoms with E-state index >= 15 is 0 Å². The molecule has 0 atom stereocenters. The summed E-state index contributed by atoms with van der Waals surface area (Å²) in [5.41, 5.74) is 12.6. The minimum Gasteiger partial charge on any atom is -0.399 e. The molecule has 0 saturated heterocycles. The van der Waals surface area contributed by atoms with E-state index in [1.165, 1.54) is 0 Å². The number of anilines is 1. The average Bonchev–Trinajstić information content (AvgIpc) is 1.92. The molecule has 0 spiro atoms. The molecule has 0 saturated carbocycles. The lowest BCUT2D eigenvalue weighted by Crippen LogP contribution is -2.29. The minimum absolute atomic E-state index is 0.438. The second-order valence-corrected chi connectivity index (χ2v) is 3.87. The zero-order chi connectivity index (χ0) is 9.35. The smallest absolute Gasteiger partial charge is 0.0457 e. The summed E-state index contributed by atoms with van der Waals surface area (Å²) in [7, 11) is 0. The highest BCUT2D eigenvalue weighted by Crippen LogP contribution is 2.27. The van der Waals surface area contributed by atoms with Gasteiger partial charge in [0.2, 0.25) is 0 Å². The first-order valence-corrected chi connectivity index (χ1v) is 4.13. The van der Waals surface area contributed by atoms with Gasteiger partial charge in [0.1, 0.15) is 0 Å². The summed E-state index contributed by atoms with van der Waals surface area (Å²) in [5.74, 6) is 0. The van der Waals surface area contributed by atoms with Crippen LogP contribution in [0.15, 0.2) is 18.2 Å². The van der Waals surface area contributed by atoms with Crippen molar-refractivity contribution >= 4 is 17.3 Å². The van der Waals surface area contributed by atoms with Crippen LogP contribution in [0.2, 0.25) is 5.02 Å².